The smallest absolute Gasteiger partial charge is 0.311 e. The Balaban J connectivity index is 2.42. The Kier molecular flexibility index (Phi) is 3.80. The van der Waals surface area contributed by atoms with Crippen molar-refractivity contribution in [2.75, 3.05) is 0 Å². The fraction of sp³-hybridized carbons (Fsp3) is 0.0769. The summed E-state index contributed by atoms with van der Waals surface area (Å²) < 4.78 is 19.5. The quantitative estimate of drug-likeness (QED) is 0.612. The summed E-state index contributed by atoms with van der Waals surface area (Å²) in [5, 5.41) is 10.9. The summed E-state index contributed by atoms with van der Waals surface area (Å²) in [6, 6.07) is 8.32. The average Bonchev–Trinajstić information content (AvgIpc) is 2.32. The fourth-order valence-electron chi connectivity index (χ4n) is 1.57. The Bertz CT molecular complexity index is 646. The van der Waals surface area contributed by atoms with Crippen LogP contribution in [-0.4, -0.2) is 4.92 Å². The van der Waals surface area contributed by atoms with Crippen molar-refractivity contribution in [3.8, 4) is 11.5 Å². The van der Waals surface area contributed by atoms with Gasteiger partial charge in [0.2, 0.25) is 5.75 Å². The molecule has 0 aliphatic rings. The van der Waals surface area contributed by atoms with Crippen molar-refractivity contribution in [3.63, 3.8) is 0 Å². The van der Waals surface area contributed by atoms with Crippen molar-refractivity contribution in [1.82, 2.24) is 0 Å². The molecule has 0 saturated carbocycles. The Labute approximate surface area is 117 Å². The van der Waals surface area contributed by atoms with Crippen molar-refractivity contribution in [2.24, 2.45) is 0 Å². The number of hydrogen-bond acceptors (Lipinski definition) is 3. The highest BCUT2D eigenvalue weighted by molar-refractivity contribution is 9.10. The molecule has 0 heterocycles. The Morgan fingerprint density at radius 3 is 2.58 bits per heavy atom. The van der Waals surface area contributed by atoms with E-state index in [9.17, 15) is 14.5 Å². The molecule has 2 aromatic carbocycles. The topological polar surface area (TPSA) is 52.4 Å². The zero-order chi connectivity index (χ0) is 14.0. The summed E-state index contributed by atoms with van der Waals surface area (Å²) in [4.78, 5) is 10.2. The number of aryl methyl sites for hydroxylation is 1. The summed E-state index contributed by atoms with van der Waals surface area (Å²) in [6.07, 6.45) is 0. The van der Waals surface area contributed by atoms with Crippen LogP contribution >= 0.6 is 15.9 Å². The largest absolute Gasteiger partial charge is 0.450 e. The van der Waals surface area contributed by atoms with Gasteiger partial charge in [-0.1, -0.05) is 15.9 Å². The fourth-order valence-corrected chi connectivity index (χ4v) is 2.04. The molecule has 0 fully saturated rings. The third-order valence-corrected chi connectivity index (χ3v) is 2.97. The van der Waals surface area contributed by atoms with Gasteiger partial charge in [0.05, 0.1) is 4.92 Å². The summed E-state index contributed by atoms with van der Waals surface area (Å²) in [6.45, 7) is 1.80. The predicted molar refractivity (Wildman–Crippen MR) is 72.0 cm³/mol. The van der Waals surface area contributed by atoms with Crippen molar-refractivity contribution in [1.29, 1.82) is 0 Å². The first-order valence-corrected chi connectivity index (χ1v) is 6.14. The number of halogens is 2. The van der Waals surface area contributed by atoms with E-state index in [2.05, 4.69) is 15.9 Å². The van der Waals surface area contributed by atoms with Crippen molar-refractivity contribution in [3.05, 3.63) is 62.4 Å². The highest BCUT2D eigenvalue weighted by Crippen LogP contribution is 2.34. The van der Waals surface area contributed by atoms with E-state index in [1.807, 2.05) is 0 Å². The molecule has 98 valence electrons. The first-order valence-electron chi connectivity index (χ1n) is 5.35. The van der Waals surface area contributed by atoms with E-state index in [0.717, 1.165) is 28.2 Å². The highest BCUT2D eigenvalue weighted by Gasteiger charge is 2.17. The van der Waals surface area contributed by atoms with Gasteiger partial charge in [0.1, 0.15) is 11.6 Å². The van der Waals surface area contributed by atoms with E-state index in [4.69, 9.17) is 4.74 Å². The molecule has 19 heavy (non-hydrogen) atoms. The Hall–Kier alpha value is -1.95. The third-order valence-electron chi connectivity index (χ3n) is 2.48. The lowest BCUT2D eigenvalue weighted by Gasteiger charge is -2.09. The lowest BCUT2D eigenvalue weighted by atomic mass is 10.2. The maximum absolute atomic E-state index is 13.2. The average molecular weight is 326 g/mol. The predicted octanol–water partition coefficient (Wildman–Crippen LogP) is 4.60. The van der Waals surface area contributed by atoms with Crippen LogP contribution in [0.15, 0.2) is 40.9 Å². The zero-order valence-corrected chi connectivity index (χ0v) is 11.5. The first kappa shape index (κ1) is 13.5. The van der Waals surface area contributed by atoms with E-state index in [0.29, 0.717) is 5.75 Å². The maximum atomic E-state index is 13.2. The molecule has 0 unspecified atom stereocenters. The van der Waals surface area contributed by atoms with E-state index in [1.165, 1.54) is 0 Å². The number of nitro benzene ring substituents is 1. The summed E-state index contributed by atoms with van der Waals surface area (Å²) in [5.41, 5.74) is 0.511. The molecule has 0 spiro atoms. The molecule has 0 saturated heterocycles. The van der Waals surface area contributed by atoms with Gasteiger partial charge in [-0.15, -0.1) is 0 Å². The second-order valence-corrected chi connectivity index (χ2v) is 4.80. The second-order valence-electron chi connectivity index (χ2n) is 3.88. The molecule has 0 aromatic heterocycles. The number of rotatable bonds is 3. The van der Waals surface area contributed by atoms with Crippen LogP contribution in [-0.2, 0) is 0 Å². The summed E-state index contributed by atoms with van der Waals surface area (Å²) in [7, 11) is 0. The van der Waals surface area contributed by atoms with E-state index < -0.39 is 10.7 Å². The van der Waals surface area contributed by atoms with E-state index in [1.54, 1.807) is 25.1 Å². The molecule has 6 heteroatoms. The molecule has 0 bridgehead atoms. The minimum atomic E-state index is -0.608. The second kappa shape index (κ2) is 5.36. The van der Waals surface area contributed by atoms with Gasteiger partial charge in [-0.2, -0.15) is 0 Å². The lowest BCUT2D eigenvalue weighted by molar-refractivity contribution is -0.385. The molecule has 0 amide bonds. The molecule has 0 atom stereocenters. The molecule has 0 aliphatic heterocycles. The van der Waals surface area contributed by atoms with Crippen LogP contribution in [0, 0.1) is 22.9 Å². The van der Waals surface area contributed by atoms with Crippen molar-refractivity contribution in [2.45, 2.75) is 6.92 Å². The van der Waals surface area contributed by atoms with E-state index in [-0.39, 0.29) is 11.4 Å². The van der Waals surface area contributed by atoms with Gasteiger partial charge in [-0.25, -0.2) is 4.39 Å². The monoisotopic (exact) mass is 325 g/mol. The number of ether oxygens (including phenoxy) is 1. The standard InChI is InChI=1S/C13H9BrFNO3/c1-8-6-9(14)2-5-12(8)19-13-7-10(15)3-4-11(13)16(17)18/h2-7H,1H3. The van der Waals surface area contributed by atoms with Gasteiger partial charge < -0.3 is 4.74 Å². The van der Waals surface area contributed by atoms with Crippen molar-refractivity contribution >= 4 is 21.6 Å². The minimum Gasteiger partial charge on any atom is -0.450 e. The minimum absolute atomic E-state index is 0.115. The van der Waals surface area contributed by atoms with Crippen LogP contribution in [0.25, 0.3) is 0 Å². The number of benzene rings is 2. The van der Waals surface area contributed by atoms with Gasteiger partial charge in [-0.3, -0.25) is 10.1 Å². The maximum Gasteiger partial charge on any atom is 0.311 e. The Morgan fingerprint density at radius 1 is 1.21 bits per heavy atom. The number of nitro groups is 1. The molecule has 0 N–H and O–H groups in total. The summed E-state index contributed by atoms with van der Waals surface area (Å²) >= 11 is 3.31. The molecular formula is C13H9BrFNO3. The summed E-state index contributed by atoms with van der Waals surface area (Å²) in [5.74, 6) is -0.261. The molecule has 2 rings (SSSR count). The molecule has 0 radical (unpaired) electrons. The zero-order valence-electron chi connectivity index (χ0n) is 9.89. The van der Waals surface area contributed by atoms with Crippen LogP contribution < -0.4 is 4.74 Å². The van der Waals surface area contributed by atoms with Crippen LogP contribution in [0.5, 0.6) is 11.5 Å². The number of nitrogens with zero attached hydrogens (tertiary/aromatic N) is 1. The molecule has 4 nitrogen and oxygen atoms in total. The van der Waals surface area contributed by atoms with Crippen molar-refractivity contribution < 1.29 is 14.1 Å². The van der Waals surface area contributed by atoms with Gasteiger partial charge >= 0.3 is 5.69 Å². The normalized spacial score (nSPS) is 10.3. The van der Waals surface area contributed by atoms with Crippen LogP contribution in [0.1, 0.15) is 5.56 Å². The third kappa shape index (κ3) is 3.08. The van der Waals surface area contributed by atoms with Gasteiger partial charge in [-0.05, 0) is 36.8 Å². The molecular weight excluding hydrogens is 317 g/mol. The number of hydrogen-bond donors (Lipinski definition) is 0. The molecule has 0 aliphatic carbocycles. The van der Waals surface area contributed by atoms with Gasteiger partial charge in [0.15, 0.2) is 0 Å². The van der Waals surface area contributed by atoms with Gasteiger partial charge in [0.25, 0.3) is 0 Å². The van der Waals surface area contributed by atoms with Crippen LogP contribution in [0.2, 0.25) is 0 Å². The van der Waals surface area contributed by atoms with Crippen LogP contribution in [0.3, 0.4) is 0 Å². The highest BCUT2D eigenvalue weighted by atomic mass is 79.9. The molecule has 2 aromatic rings. The van der Waals surface area contributed by atoms with E-state index >= 15 is 0 Å². The SMILES string of the molecule is Cc1cc(Br)ccc1Oc1cc(F)ccc1[N+](=O)[O-]. The van der Waals surface area contributed by atoms with Gasteiger partial charge in [0, 0.05) is 16.6 Å². The van der Waals surface area contributed by atoms with Crippen LogP contribution in [0.4, 0.5) is 10.1 Å². The first-order chi connectivity index (χ1) is 8.97. The Morgan fingerprint density at radius 2 is 1.95 bits per heavy atom. The lowest BCUT2D eigenvalue weighted by Crippen LogP contribution is -1.95.